The van der Waals surface area contributed by atoms with Gasteiger partial charge in [0.2, 0.25) is 0 Å². The average molecular weight is 224 g/mol. The predicted molar refractivity (Wildman–Crippen MR) is 64.6 cm³/mol. The van der Waals surface area contributed by atoms with Gasteiger partial charge in [-0.05, 0) is 17.7 Å². The van der Waals surface area contributed by atoms with Gasteiger partial charge >= 0.3 is 0 Å². The van der Waals surface area contributed by atoms with E-state index in [-0.39, 0.29) is 6.54 Å². The number of hydrogen-bond acceptors (Lipinski definition) is 2. The van der Waals surface area contributed by atoms with E-state index in [2.05, 4.69) is 26.9 Å². The summed E-state index contributed by atoms with van der Waals surface area (Å²) in [5, 5.41) is 4.13. The molecule has 2 rings (SSSR count). The van der Waals surface area contributed by atoms with Crippen LogP contribution in [0.1, 0.15) is 15.9 Å². The van der Waals surface area contributed by atoms with Crippen molar-refractivity contribution in [2.75, 3.05) is 6.54 Å². The van der Waals surface area contributed by atoms with Gasteiger partial charge < -0.3 is 4.98 Å². The molecule has 1 aromatic carbocycles. The van der Waals surface area contributed by atoms with Crippen molar-refractivity contribution in [3.63, 3.8) is 0 Å². The molecule has 0 spiro atoms. The van der Waals surface area contributed by atoms with E-state index in [1.54, 1.807) is 6.20 Å². The SMILES string of the molecule is [N-]=[N+]=NCC#Cc1cccc2[nH]cc(C=O)c12. The Morgan fingerprint density at radius 1 is 1.53 bits per heavy atom. The molecule has 17 heavy (non-hydrogen) atoms. The molecule has 0 radical (unpaired) electrons. The zero-order chi connectivity index (χ0) is 12.1. The van der Waals surface area contributed by atoms with Gasteiger partial charge in [-0.1, -0.05) is 23.0 Å². The third kappa shape index (κ3) is 2.12. The lowest BCUT2D eigenvalue weighted by molar-refractivity contribution is 0.112. The largest absolute Gasteiger partial charge is 0.360 e. The summed E-state index contributed by atoms with van der Waals surface area (Å²) in [6.07, 6.45) is 2.44. The van der Waals surface area contributed by atoms with Crippen LogP contribution >= 0.6 is 0 Å². The molecular weight excluding hydrogens is 216 g/mol. The topological polar surface area (TPSA) is 81.6 Å². The number of azide groups is 1. The lowest BCUT2D eigenvalue weighted by Gasteiger charge is -1.95. The summed E-state index contributed by atoms with van der Waals surface area (Å²) in [6, 6.07) is 5.55. The van der Waals surface area contributed by atoms with Crippen molar-refractivity contribution >= 4 is 17.2 Å². The van der Waals surface area contributed by atoms with Gasteiger partial charge in [0.05, 0.1) is 6.54 Å². The highest BCUT2D eigenvalue weighted by molar-refractivity contribution is 6.00. The van der Waals surface area contributed by atoms with Crippen LogP contribution < -0.4 is 0 Å². The van der Waals surface area contributed by atoms with Gasteiger partial charge in [-0.15, -0.1) is 0 Å². The van der Waals surface area contributed by atoms with Crippen LogP contribution in [0, 0.1) is 11.8 Å². The normalized spacial score (nSPS) is 9.18. The molecular formula is C12H8N4O. The van der Waals surface area contributed by atoms with Crippen molar-refractivity contribution in [1.82, 2.24) is 4.98 Å². The van der Waals surface area contributed by atoms with Gasteiger partial charge in [0.1, 0.15) is 0 Å². The predicted octanol–water partition coefficient (Wildman–Crippen LogP) is 2.64. The fraction of sp³-hybridized carbons (Fsp3) is 0.0833. The minimum absolute atomic E-state index is 0.119. The number of benzene rings is 1. The van der Waals surface area contributed by atoms with Crippen molar-refractivity contribution in [1.29, 1.82) is 0 Å². The minimum Gasteiger partial charge on any atom is -0.360 e. The van der Waals surface area contributed by atoms with E-state index in [9.17, 15) is 4.79 Å². The molecule has 5 nitrogen and oxygen atoms in total. The second-order valence-corrected chi connectivity index (χ2v) is 3.28. The van der Waals surface area contributed by atoms with Gasteiger partial charge in [-0.3, -0.25) is 4.79 Å². The maximum atomic E-state index is 10.9. The number of aromatic amines is 1. The lowest BCUT2D eigenvalue weighted by atomic mass is 10.1. The molecule has 0 unspecified atom stereocenters. The number of carbonyl (C=O) groups excluding carboxylic acids is 1. The molecule has 5 heteroatoms. The van der Waals surface area contributed by atoms with Gasteiger partial charge in [-0.25, -0.2) is 0 Å². The monoisotopic (exact) mass is 224 g/mol. The second kappa shape index (κ2) is 4.88. The number of aldehydes is 1. The molecule has 0 bridgehead atoms. The summed E-state index contributed by atoms with van der Waals surface area (Å²) in [4.78, 5) is 16.5. The first-order valence-electron chi connectivity index (χ1n) is 4.92. The molecule has 0 amide bonds. The van der Waals surface area contributed by atoms with E-state index in [1.807, 2.05) is 18.2 Å². The first-order valence-corrected chi connectivity index (χ1v) is 4.92. The maximum Gasteiger partial charge on any atom is 0.152 e. The fourth-order valence-corrected chi connectivity index (χ4v) is 1.61. The van der Waals surface area contributed by atoms with E-state index in [4.69, 9.17) is 5.53 Å². The minimum atomic E-state index is 0.119. The summed E-state index contributed by atoms with van der Waals surface area (Å²) in [5.74, 6) is 5.63. The summed E-state index contributed by atoms with van der Waals surface area (Å²) in [5.41, 5.74) is 10.3. The molecule has 1 heterocycles. The zero-order valence-electron chi connectivity index (χ0n) is 8.84. The smallest absolute Gasteiger partial charge is 0.152 e. The second-order valence-electron chi connectivity index (χ2n) is 3.28. The number of aromatic nitrogens is 1. The Morgan fingerprint density at radius 3 is 3.18 bits per heavy atom. The molecule has 2 aromatic rings. The number of H-pyrrole nitrogens is 1. The number of nitrogens with zero attached hydrogens (tertiary/aromatic N) is 3. The van der Waals surface area contributed by atoms with E-state index in [1.165, 1.54) is 0 Å². The first kappa shape index (κ1) is 10.8. The Bertz CT molecular complexity index is 669. The van der Waals surface area contributed by atoms with E-state index in [0.717, 1.165) is 22.8 Å². The van der Waals surface area contributed by atoms with E-state index < -0.39 is 0 Å². The van der Waals surface area contributed by atoms with Gasteiger partial charge in [0, 0.05) is 33.1 Å². The molecule has 0 aliphatic carbocycles. The Labute approximate surface area is 97.1 Å². The van der Waals surface area contributed by atoms with Crippen LogP contribution in [0.15, 0.2) is 29.5 Å². The highest BCUT2D eigenvalue weighted by atomic mass is 16.1. The van der Waals surface area contributed by atoms with Crippen LogP contribution in [0.5, 0.6) is 0 Å². The Hall–Kier alpha value is -2.70. The average Bonchev–Trinajstić information content (AvgIpc) is 2.78. The quantitative estimate of drug-likeness (QED) is 0.275. The maximum absolute atomic E-state index is 10.9. The Balaban J connectivity index is 2.51. The number of carbonyl (C=O) groups is 1. The Morgan fingerprint density at radius 2 is 2.41 bits per heavy atom. The molecule has 0 atom stereocenters. The molecule has 0 saturated heterocycles. The van der Waals surface area contributed by atoms with Crippen molar-refractivity contribution in [3.05, 3.63) is 46.0 Å². The fourth-order valence-electron chi connectivity index (χ4n) is 1.61. The number of rotatable bonds is 2. The highest BCUT2D eigenvalue weighted by Crippen LogP contribution is 2.20. The molecule has 82 valence electrons. The number of nitrogens with one attached hydrogen (secondary N) is 1. The van der Waals surface area contributed by atoms with Crippen molar-refractivity contribution < 1.29 is 4.79 Å². The first-order chi connectivity index (χ1) is 8.36. The van der Waals surface area contributed by atoms with Crippen LogP contribution in [0.25, 0.3) is 21.3 Å². The molecule has 0 aliphatic heterocycles. The van der Waals surface area contributed by atoms with Crippen molar-refractivity contribution in [3.8, 4) is 11.8 Å². The van der Waals surface area contributed by atoms with Gasteiger partial charge in [0.25, 0.3) is 0 Å². The van der Waals surface area contributed by atoms with E-state index in [0.29, 0.717) is 5.56 Å². The summed E-state index contributed by atoms with van der Waals surface area (Å²) < 4.78 is 0. The molecule has 1 N–H and O–H groups in total. The standard InChI is InChI=1S/C12H8N4O/c13-16-15-6-2-4-9-3-1-5-11-12(9)10(8-17)7-14-11/h1,3,5,7-8,14H,6H2. The Kier molecular flexibility index (Phi) is 3.10. The van der Waals surface area contributed by atoms with Crippen LogP contribution in [0.4, 0.5) is 0 Å². The van der Waals surface area contributed by atoms with Crippen LogP contribution in [0.3, 0.4) is 0 Å². The summed E-state index contributed by atoms with van der Waals surface area (Å²) in [7, 11) is 0. The third-order valence-corrected chi connectivity index (χ3v) is 2.30. The van der Waals surface area contributed by atoms with Crippen molar-refractivity contribution in [2.24, 2.45) is 5.11 Å². The van der Waals surface area contributed by atoms with Crippen molar-refractivity contribution in [2.45, 2.75) is 0 Å². The third-order valence-electron chi connectivity index (χ3n) is 2.30. The van der Waals surface area contributed by atoms with E-state index >= 15 is 0 Å². The summed E-state index contributed by atoms with van der Waals surface area (Å²) in [6.45, 7) is 0.119. The molecule has 0 aliphatic rings. The lowest BCUT2D eigenvalue weighted by Crippen LogP contribution is -1.82. The molecule has 0 saturated carbocycles. The zero-order valence-corrected chi connectivity index (χ0v) is 8.84. The van der Waals surface area contributed by atoms with Crippen LogP contribution in [-0.2, 0) is 0 Å². The van der Waals surface area contributed by atoms with Crippen LogP contribution in [-0.4, -0.2) is 17.8 Å². The van der Waals surface area contributed by atoms with Crippen LogP contribution in [0.2, 0.25) is 0 Å². The summed E-state index contributed by atoms with van der Waals surface area (Å²) >= 11 is 0. The number of fused-ring (bicyclic) bond motifs is 1. The number of hydrogen-bond donors (Lipinski definition) is 1. The highest BCUT2D eigenvalue weighted by Gasteiger charge is 2.05. The van der Waals surface area contributed by atoms with Gasteiger partial charge in [0.15, 0.2) is 6.29 Å². The molecule has 0 fully saturated rings. The molecule has 1 aromatic heterocycles. The van der Waals surface area contributed by atoms with Gasteiger partial charge in [-0.2, -0.15) is 0 Å².